The molecule has 0 spiro atoms. The van der Waals surface area contributed by atoms with E-state index in [-0.39, 0.29) is 23.9 Å². The van der Waals surface area contributed by atoms with Crippen LogP contribution in [0.2, 0.25) is 18.1 Å². The lowest BCUT2D eigenvalue weighted by molar-refractivity contribution is -0.215. The van der Waals surface area contributed by atoms with Gasteiger partial charge >= 0.3 is 12.1 Å². The van der Waals surface area contributed by atoms with Crippen molar-refractivity contribution in [2.45, 2.75) is 90.1 Å². The van der Waals surface area contributed by atoms with Gasteiger partial charge in [0, 0.05) is 6.54 Å². The first kappa shape index (κ1) is 28.2. The molecule has 10 heteroatoms. The maximum absolute atomic E-state index is 13.3. The number of ether oxygens (including phenoxy) is 2. The lowest BCUT2D eigenvalue weighted by Crippen LogP contribution is -2.69. The molecule has 2 rings (SSSR count). The van der Waals surface area contributed by atoms with Crippen LogP contribution < -0.4 is 4.74 Å². The Labute approximate surface area is 200 Å². The minimum absolute atomic E-state index is 0.112. The third-order valence-electron chi connectivity index (χ3n) is 6.87. The number of amides is 1. The summed E-state index contributed by atoms with van der Waals surface area (Å²) in [5.41, 5.74) is 0.785. The van der Waals surface area contributed by atoms with Gasteiger partial charge in [0.15, 0.2) is 8.32 Å². The Morgan fingerprint density at radius 1 is 1.15 bits per heavy atom. The molecule has 1 aromatic rings. The molecule has 4 atom stereocenters. The van der Waals surface area contributed by atoms with E-state index in [0.717, 1.165) is 5.56 Å². The second-order valence-corrected chi connectivity index (χ2v) is 15.0. The molecule has 1 fully saturated rings. The van der Waals surface area contributed by atoms with Crippen molar-refractivity contribution >= 4 is 20.2 Å². The number of hydrogen-bond donors (Lipinski definition) is 0. The van der Waals surface area contributed by atoms with Crippen molar-refractivity contribution in [3.63, 3.8) is 0 Å². The van der Waals surface area contributed by atoms with Gasteiger partial charge in [-0.25, -0.2) is 4.79 Å². The van der Waals surface area contributed by atoms with Crippen LogP contribution in [0.15, 0.2) is 24.3 Å². The summed E-state index contributed by atoms with van der Waals surface area (Å²) in [7, 11) is -0.717. The molecule has 0 aromatic heterocycles. The zero-order valence-electron chi connectivity index (χ0n) is 21.2. The van der Waals surface area contributed by atoms with Crippen LogP contribution in [0.3, 0.4) is 0 Å². The van der Waals surface area contributed by atoms with Gasteiger partial charge in [-0.2, -0.15) is 13.2 Å². The topological polar surface area (TPSA) is 65.1 Å². The molecule has 1 saturated heterocycles. The molecular formula is C24H36F3NO5Si. The molecule has 1 aromatic carbocycles. The molecule has 1 unspecified atom stereocenters. The van der Waals surface area contributed by atoms with Crippen LogP contribution in [0.5, 0.6) is 5.75 Å². The number of likely N-dealkylation sites (tertiary alicyclic amines) is 1. The quantitative estimate of drug-likeness (QED) is 0.259. The highest BCUT2D eigenvalue weighted by molar-refractivity contribution is 6.74. The average molecular weight is 504 g/mol. The second-order valence-electron chi connectivity index (χ2n) is 10.3. The van der Waals surface area contributed by atoms with Gasteiger partial charge in [0.05, 0.1) is 25.2 Å². The van der Waals surface area contributed by atoms with Crippen LogP contribution in [0.4, 0.5) is 13.2 Å². The number of benzene rings is 1. The first-order valence-corrected chi connectivity index (χ1v) is 14.3. The highest BCUT2D eigenvalue weighted by Crippen LogP contribution is 2.42. The van der Waals surface area contributed by atoms with E-state index in [0.29, 0.717) is 5.75 Å². The fourth-order valence-electron chi connectivity index (χ4n) is 3.93. The van der Waals surface area contributed by atoms with Crippen LogP contribution in [-0.4, -0.2) is 56.6 Å². The van der Waals surface area contributed by atoms with Gasteiger partial charge in [0.25, 0.3) is 0 Å². The van der Waals surface area contributed by atoms with Crippen molar-refractivity contribution < 1.29 is 36.7 Å². The highest BCUT2D eigenvalue weighted by atomic mass is 28.4. The summed E-state index contributed by atoms with van der Waals surface area (Å²) >= 11 is 0. The number of alkyl halides is 3. The van der Waals surface area contributed by atoms with Crippen molar-refractivity contribution in [2.75, 3.05) is 7.11 Å². The van der Waals surface area contributed by atoms with Crippen LogP contribution in [0, 0.1) is 5.92 Å². The molecule has 192 valence electrons. The molecule has 0 radical (unpaired) electrons. The van der Waals surface area contributed by atoms with Crippen LogP contribution in [0.1, 0.15) is 46.6 Å². The minimum atomic E-state index is -5.11. The number of methoxy groups -OCH3 is 1. The monoisotopic (exact) mass is 503 g/mol. The van der Waals surface area contributed by atoms with Crippen molar-refractivity contribution in [1.29, 1.82) is 0 Å². The van der Waals surface area contributed by atoms with Gasteiger partial charge in [-0.3, -0.25) is 4.79 Å². The summed E-state index contributed by atoms with van der Waals surface area (Å²) in [5.74, 6) is -2.54. The zero-order valence-corrected chi connectivity index (χ0v) is 22.2. The number of nitrogens with zero attached hydrogens (tertiary/aromatic N) is 1. The van der Waals surface area contributed by atoms with Crippen molar-refractivity contribution in [3.8, 4) is 5.75 Å². The summed E-state index contributed by atoms with van der Waals surface area (Å²) in [4.78, 5) is 26.4. The number of hydrogen-bond acceptors (Lipinski definition) is 5. The van der Waals surface area contributed by atoms with Crippen LogP contribution in [0.25, 0.3) is 0 Å². The van der Waals surface area contributed by atoms with Crippen molar-refractivity contribution in [3.05, 3.63) is 29.8 Å². The van der Waals surface area contributed by atoms with Gasteiger partial charge in [0.2, 0.25) is 5.91 Å². The van der Waals surface area contributed by atoms with E-state index in [1.165, 1.54) is 4.90 Å². The summed E-state index contributed by atoms with van der Waals surface area (Å²) in [6.07, 6.45) is -6.63. The van der Waals surface area contributed by atoms with Crippen molar-refractivity contribution in [2.24, 2.45) is 5.92 Å². The molecule has 1 aliphatic rings. The molecule has 1 aliphatic heterocycles. The number of halogens is 3. The third-order valence-corrected chi connectivity index (χ3v) is 11.4. The normalized spacial score (nSPS) is 21.0. The number of β-lactam (4-membered cyclic amide) rings is 1. The number of carbonyl (C=O) groups excluding carboxylic acids is 2. The number of carbonyl (C=O) groups is 2. The summed E-state index contributed by atoms with van der Waals surface area (Å²) in [5, 5.41) is -0.112. The Bertz CT molecular complexity index is 867. The van der Waals surface area contributed by atoms with Crippen LogP contribution in [-0.2, 0) is 25.3 Å². The molecule has 34 heavy (non-hydrogen) atoms. The molecule has 1 heterocycles. The van der Waals surface area contributed by atoms with Gasteiger partial charge in [0.1, 0.15) is 11.9 Å². The highest BCUT2D eigenvalue weighted by Gasteiger charge is 2.56. The van der Waals surface area contributed by atoms with Gasteiger partial charge < -0.3 is 18.8 Å². The Morgan fingerprint density at radius 3 is 2.15 bits per heavy atom. The second kappa shape index (κ2) is 10.3. The van der Waals surface area contributed by atoms with Crippen molar-refractivity contribution in [1.82, 2.24) is 4.90 Å². The molecule has 0 N–H and O–H groups in total. The molecule has 0 aliphatic carbocycles. The Balaban J connectivity index is 2.34. The average Bonchev–Trinajstić information content (AvgIpc) is 2.72. The lowest BCUT2D eigenvalue weighted by Gasteiger charge is -2.53. The van der Waals surface area contributed by atoms with E-state index in [1.54, 1.807) is 45.2 Å². The van der Waals surface area contributed by atoms with E-state index < -0.39 is 44.6 Å². The maximum Gasteiger partial charge on any atom is 0.490 e. The maximum atomic E-state index is 13.3. The van der Waals surface area contributed by atoms with Gasteiger partial charge in [-0.05, 0) is 49.2 Å². The fourth-order valence-corrected chi connectivity index (χ4v) is 5.36. The van der Waals surface area contributed by atoms with Gasteiger partial charge in [-0.15, -0.1) is 0 Å². The first-order valence-electron chi connectivity index (χ1n) is 11.4. The van der Waals surface area contributed by atoms with Crippen LogP contribution >= 0.6 is 0 Å². The smallest absolute Gasteiger partial charge is 0.490 e. The standard InChI is InChI=1S/C24H36F3NO5Si/c1-9-18(32-22(30)24(25,26)27)20-19(15(2)33-34(7,8)23(3,4)5)21(29)28(20)14-16-10-12-17(31-6)13-11-16/h10-13,15,18-20H,9,14H2,1-8H3/t15-,18?,19-,20-/m1/s1. The number of esters is 1. The lowest BCUT2D eigenvalue weighted by atomic mass is 9.79. The largest absolute Gasteiger partial charge is 0.497 e. The Kier molecular flexibility index (Phi) is 8.51. The van der Waals surface area contributed by atoms with E-state index in [4.69, 9.17) is 13.9 Å². The molecule has 0 saturated carbocycles. The van der Waals surface area contributed by atoms with E-state index in [2.05, 4.69) is 33.9 Å². The molecular weight excluding hydrogens is 467 g/mol. The summed E-state index contributed by atoms with van der Waals surface area (Å²) in [6, 6.07) is 6.33. The predicted octanol–water partition coefficient (Wildman–Crippen LogP) is 5.32. The SMILES string of the molecule is CCC(OC(=O)C(F)(F)F)[C@@H]1[C@@H]([C@@H](C)O[Si](C)(C)C(C)(C)C)C(=O)N1Cc1ccc(OC)cc1. The first-order chi connectivity index (χ1) is 15.5. The van der Waals surface area contributed by atoms with E-state index in [1.807, 2.05) is 0 Å². The summed E-state index contributed by atoms with van der Waals surface area (Å²) < 4.78 is 55.3. The summed E-state index contributed by atoms with van der Waals surface area (Å²) in [6.45, 7) is 13.9. The minimum Gasteiger partial charge on any atom is -0.497 e. The Morgan fingerprint density at radius 2 is 1.71 bits per heavy atom. The predicted molar refractivity (Wildman–Crippen MR) is 125 cm³/mol. The molecule has 6 nitrogen and oxygen atoms in total. The van der Waals surface area contributed by atoms with E-state index >= 15 is 0 Å². The number of rotatable bonds is 9. The fraction of sp³-hybridized carbons (Fsp3) is 0.667. The zero-order chi connectivity index (χ0) is 26.1. The third kappa shape index (κ3) is 6.13. The Hall–Kier alpha value is -2.07. The van der Waals surface area contributed by atoms with E-state index in [9.17, 15) is 22.8 Å². The molecule has 0 bridgehead atoms. The molecule has 1 amide bonds. The van der Waals surface area contributed by atoms with Gasteiger partial charge in [-0.1, -0.05) is 39.8 Å².